The van der Waals surface area contributed by atoms with E-state index in [-0.39, 0.29) is 23.9 Å². The minimum absolute atomic E-state index is 0.0601. The monoisotopic (exact) mass is 470 g/mol. The number of rotatable bonds is 6. The quantitative estimate of drug-likeness (QED) is 0.645. The van der Waals surface area contributed by atoms with Crippen LogP contribution in [0.25, 0.3) is 0 Å². The number of nitrogens with zero attached hydrogens (tertiary/aromatic N) is 2. The summed E-state index contributed by atoms with van der Waals surface area (Å²) in [7, 11) is -0.698. The Bertz CT molecular complexity index is 1040. The molecule has 1 aliphatic heterocycles. The van der Waals surface area contributed by atoms with Crippen LogP contribution in [-0.4, -0.2) is 50.8 Å². The number of hydrogen-bond acceptors (Lipinski definition) is 4. The predicted octanol–water partition coefficient (Wildman–Crippen LogP) is 3.77. The molecule has 1 fully saturated rings. The Hall–Kier alpha value is -2.59. The Kier molecular flexibility index (Phi) is 7.14. The third-order valence-electron chi connectivity index (χ3n) is 5.51. The smallest absolute Gasteiger partial charge is 0.416 e. The van der Waals surface area contributed by atoms with E-state index in [2.05, 4.69) is 0 Å². The van der Waals surface area contributed by atoms with E-state index in [0.717, 1.165) is 12.1 Å². The summed E-state index contributed by atoms with van der Waals surface area (Å²) in [5.41, 5.74) is -0.186. The van der Waals surface area contributed by atoms with Gasteiger partial charge in [0.25, 0.3) is 0 Å². The van der Waals surface area contributed by atoms with Crippen LogP contribution in [0.15, 0.2) is 53.4 Å². The SMILES string of the molecule is COc1ccc(S(=O)(=O)N2CCCC(C(=O)N(C)Cc3ccc(C(F)(F)F)cc3)C2)cc1. The van der Waals surface area contributed by atoms with Crippen molar-refractivity contribution in [1.29, 1.82) is 0 Å². The lowest BCUT2D eigenvalue weighted by Gasteiger charge is -2.33. The van der Waals surface area contributed by atoms with Crippen LogP contribution >= 0.6 is 0 Å². The molecule has 0 aromatic heterocycles. The highest BCUT2D eigenvalue weighted by Crippen LogP contribution is 2.30. The summed E-state index contributed by atoms with van der Waals surface area (Å²) in [6, 6.07) is 10.7. The number of sulfonamides is 1. The van der Waals surface area contributed by atoms with E-state index in [9.17, 15) is 26.4 Å². The van der Waals surface area contributed by atoms with Gasteiger partial charge >= 0.3 is 6.18 Å². The number of carbonyl (C=O) groups is 1. The van der Waals surface area contributed by atoms with Gasteiger partial charge in [-0.3, -0.25) is 4.79 Å². The molecule has 1 saturated heterocycles. The zero-order chi connectivity index (χ0) is 23.5. The topological polar surface area (TPSA) is 66.9 Å². The summed E-state index contributed by atoms with van der Waals surface area (Å²) >= 11 is 0. The molecule has 0 radical (unpaired) electrons. The number of methoxy groups -OCH3 is 1. The Morgan fingerprint density at radius 2 is 1.75 bits per heavy atom. The summed E-state index contributed by atoms with van der Waals surface area (Å²) in [5.74, 6) is -0.212. The Morgan fingerprint density at radius 1 is 1.12 bits per heavy atom. The van der Waals surface area contributed by atoms with Gasteiger partial charge in [0, 0.05) is 26.7 Å². The van der Waals surface area contributed by atoms with Crippen molar-refractivity contribution in [3.05, 3.63) is 59.7 Å². The summed E-state index contributed by atoms with van der Waals surface area (Å²) in [6.45, 7) is 0.518. The molecule has 3 rings (SSSR count). The van der Waals surface area contributed by atoms with E-state index in [4.69, 9.17) is 4.74 Å². The van der Waals surface area contributed by atoms with Crippen LogP contribution in [0.1, 0.15) is 24.0 Å². The fourth-order valence-electron chi connectivity index (χ4n) is 3.72. The van der Waals surface area contributed by atoms with Crippen LogP contribution in [0.5, 0.6) is 5.75 Å². The van der Waals surface area contributed by atoms with Crippen molar-refractivity contribution >= 4 is 15.9 Å². The standard InChI is InChI=1S/C22H25F3N2O4S/c1-26(14-16-5-7-18(8-6-16)22(23,24)25)21(28)17-4-3-13-27(15-17)32(29,30)20-11-9-19(31-2)10-12-20/h5-12,17H,3-4,13-15H2,1-2H3. The first kappa shape index (κ1) is 24.1. The van der Waals surface area contributed by atoms with E-state index < -0.39 is 27.7 Å². The molecule has 174 valence electrons. The first-order valence-electron chi connectivity index (χ1n) is 10.1. The van der Waals surface area contributed by atoms with Crippen molar-refractivity contribution in [2.75, 3.05) is 27.2 Å². The third kappa shape index (κ3) is 5.42. The van der Waals surface area contributed by atoms with Crippen molar-refractivity contribution in [3.8, 4) is 5.75 Å². The second-order valence-electron chi connectivity index (χ2n) is 7.77. The second kappa shape index (κ2) is 9.50. The van der Waals surface area contributed by atoms with Crippen LogP contribution in [0.4, 0.5) is 13.2 Å². The zero-order valence-electron chi connectivity index (χ0n) is 17.8. The van der Waals surface area contributed by atoms with Crippen molar-refractivity contribution < 1.29 is 31.1 Å². The van der Waals surface area contributed by atoms with Gasteiger partial charge in [0.05, 0.1) is 23.5 Å². The number of benzene rings is 2. The number of carbonyl (C=O) groups excluding carboxylic acids is 1. The molecular formula is C22H25F3N2O4S. The molecule has 1 atom stereocenters. The van der Waals surface area contributed by atoms with Gasteiger partial charge in [-0.2, -0.15) is 17.5 Å². The van der Waals surface area contributed by atoms with Crippen molar-refractivity contribution in [2.45, 2.75) is 30.5 Å². The highest BCUT2D eigenvalue weighted by atomic mass is 32.2. The van der Waals surface area contributed by atoms with Gasteiger partial charge in [-0.15, -0.1) is 0 Å². The first-order valence-corrected chi connectivity index (χ1v) is 11.5. The van der Waals surface area contributed by atoms with Crippen LogP contribution in [0.3, 0.4) is 0 Å². The number of alkyl halides is 3. The number of piperidine rings is 1. The Morgan fingerprint density at radius 3 is 2.31 bits per heavy atom. The van der Waals surface area contributed by atoms with Crippen LogP contribution in [-0.2, 0) is 27.5 Å². The Labute approximate surface area is 185 Å². The van der Waals surface area contributed by atoms with Gasteiger partial charge in [-0.25, -0.2) is 8.42 Å². The average molecular weight is 471 g/mol. The summed E-state index contributed by atoms with van der Waals surface area (Å²) in [6.07, 6.45) is -3.33. The summed E-state index contributed by atoms with van der Waals surface area (Å²) in [5, 5.41) is 0. The lowest BCUT2D eigenvalue weighted by Crippen LogP contribution is -2.45. The van der Waals surface area contributed by atoms with Crippen LogP contribution < -0.4 is 4.74 Å². The number of amides is 1. The fraction of sp³-hybridized carbons (Fsp3) is 0.409. The molecule has 1 amide bonds. The minimum atomic E-state index is -4.42. The van der Waals surface area contributed by atoms with Gasteiger partial charge in [0.1, 0.15) is 5.75 Å². The van der Waals surface area contributed by atoms with Crippen molar-refractivity contribution in [1.82, 2.24) is 9.21 Å². The molecule has 0 aliphatic carbocycles. The highest BCUT2D eigenvalue weighted by Gasteiger charge is 2.34. The molecule has 1 heterocycles. The molecule has 0 N–H and O–H groups in total. The summed E-state index contributed by atoms with van der Waals surface area (Å²) in [4.78, 5) is 14.5. The lowest BCUT2D eigenvalue weighted by atomic mass is 9.98. The molecule has 0 bridgehead atoms. The van der Waals surface area contributed by atoms with E-state index >= 15 is 0 Å². The molecule has 6 nitrogen and oxygen atoms in total. The van der Waals surface area contributed by atoms with Crippen molar-refractivity contribution in [3.63, 3.8) is 0 Å². The predicted molar refractivity (Wildman–Crippen MR) is 112 cm³/mol. The number of hydrogen-bond donors (Lipinski definition) is 0. The molecule has 2 aromatic rings. The fourth-order valence-corrected chi connectivity index (χ4v) is 5.25. The van der Waals surface area contributed by atoms with Crippen molar-refractivity contribution in [2.24, 2.45) is 5.92 Å². The van der Waals surface area contributed by atoms with E-state index in [0.29, 0.717) is 30.7 Å². The zero-order valence-corrected chi connectivity index (χ0v) is 18.6. The van der Waals surface area contributed by atoms with E-state index in [1.54, 1.807) is 19.2 Å². The maximum Gasteiger partial charge on any atom is 0.416 e. The number of ether oxygens (including phenoxy) is 1. The van der Waals surface area contributed by atoms with Gasteiger partial charge < -0.3 is 9.64 Å². The molecule has 1 aliphatic rings. The van der Waals surface area contributed by atoms with Gasteiger partial charge in [-0.05, 0) is 54.8 Å². The van der Waals surface area contributed by atoms with E-state index in [1.807, 2.05) is 0 Å². The maximum atomic E-state index is 13.0. The van der Waals surface area contributed by atoms with Crippen LogP contribution in [0, 0.1) is 5.92 Å². The molecule has 1 unspecified atom stereocenters. The lowest BCUT2D eigenvalue weighted by molar-refractivity contribution is -0.138. The van der Waals surface area contributed by atoms with Gasteiger partial charge in [0.2, 0.25) is 15.9 Å². The molecule has 0 saturated carbocycles. The summed E-state index contributed by atoms with van der Waals surface area (Å²) < 4.78 is 70.5. The Balaban J connectivity index is 1.66. The van der Waals surface area contributed by atoms with Gasteiger partial charge in [0.15, 0.2) is 0 Å². The average Bonchev–Trinajstić information content (AvgIpc) is 2.78. The molecular weight excluding hydrogens is 445 g/mol. The molecule has 10 heteroatoms. The normalized spacial score (nSPS) is 17.7. The second-order valence-corrected chi connectivity index (χ2v) is 9.70. The maximum absolute atomic E-state index is 13.0. The minimum Gasteiger partial charge on any atom is -0.497 e. The van der Waals surface area contributed by atoms with E-state index in [1.165, 1.54) is 40.6 Å². The number of halogens is 3. The molecule has 2 aromatic carbocycles. The highest BCUT2D eigenvalue weighted by molar-refractivity contribution is 7.89. The third-order valence-corrected chi connectivity index (χ3v) is 7.39. The molecule has 0 spiro atoms. The van der Waals surface area contributed by atoms with Crippen LogP contribution in [0.2, 0.25) is 0 Å². The molecule has 32 heavy (non-hydrogen) atoms. The largest absolute Gasteiger partial charge is 0.497 e. The first-order chi connectivity index (χ1) is 15.0. The van der Waals surface area contributed by atoms with Gasteiger partial charge in [-0.1, -0.05) is 12.1 Å².